The first kappa shape index (κ1) is 24.7. The molecule has 0 saturated heterocycles. The van der Waals surface area contributed by atoms with Crippen molar-refractivity contribution < 1.29 is 5.11 Å². The van der Waals surface area contributed by atoms with Gasteiger partial charge in [0.25, 0.3) is 0 Å². The van der Waals surface area contributed by atoms with Gasteiger partial charge in [0.1, 0.15) is 0 Å². The second-order valence-electron chi connectivity index (χ2n) is 7.78. The number of unbranched alkanes of at least 4 members (excludes halogenated alkanes) is 18. The minimum absolute atomic E-state index is 0.368. The van der Waals surface area contributed by atoms with Crippen LogP contribution in [0.3, 0.4) is 0 Å². The third-order valence-electron chi connectivity index (χ3n) is 5.17. The number of allylic oxidation sites excluding steroid dienone is 2. The van der Waals surface area contributed by atoms with Gasteiger partial charge in [0.15, 0.2) is 0 Å². The third kappa shape index (κ3) is 23.7. The van der Waals surface area contributed by atoms with Crippen molar-refractivity contribution in [1.82, 2.24) is 0 Å². The summed E-state index contributed by atoms with van der Waals surface area (Å²) in [6.45, 7) is 2.66. The lowest BCUT2D eigenvalue weighted by molar-refractivity contribution is 0.282. The summed E-state index contributed by atoms with van der Waals surface area (Å²) in [4.78, 5) is 0. The Hall–Kier alpha value is -0.300. The van der Waals surface area contributed by atoms with E-state index in [4.69, 9.17) is 5.11 Å². The Morgan fingerprint density at radius 1 is 0.440 bits per heavy atom. The number of aliphatic hydroxyl groups excluding tert-OH is 1. The first-order valence-electron chi connectivity index (χ1n) is 11.7. The molecule has 25 heavy (non-hydrogen) atoms. The molecule has 0 radical (unpaired) electrons. The molecule has 0 aromatic rings. The van der Waals surface area contributed by atoms with Crippen LogP contribution < -0.4 is 0 Å². The monoisotopic (exact) mass is 352 g/mol. The van der Waals surface area contributed by atoms with Crippen LogP contribution >= 0.6 is 0 Å². The molecule has 0 aliphatic rings. The maximum Gasteiger partial charge on any atom is 0.0431 e. The second-order valence-corrected chi connectivity index (χ2v) is 7.78. The molecule has 0 amide bonds. The van der Waals surface area contributed by atoms with Gasteiger partial charge >= 0.3 is 0 Å². The van der Waals surface area contributed by atoms with Gasteiger partial charge in [-0.15, -0.1) is 0 Å². The van der Waals surface area contributed by atoms with Crippen LogP contribution in [0.4, 0.5) is 0 Å². The normalized spacial score (nSPS) is 11.6. The molecular formula is C24H48O. The lowest BCUT2D eigenvalue weighted by Gasteiger charge is -2.01. The highest BCUT2D eigenvalue weighted by Crippen LogP contribution is 2.12. The second kappa shape index (κ2) is 23.7. The van der Waals surface area contributed by atoms with Gasteiger partial charge in [-0.2, -0.15) is 0 Å². The molecule has 0 rings (SSSR count). The number of rotatable bonds is 21. The van der Waals surface area contributed by atoms with Crippen molar-refractivity contribution >= 4 is 0 Å². The maximum absolute atomic E-state index is 8.72. The molecule has 0 aromatic carbocycles. The van der Waals surface area contributed by atoms with Crippen LogP contribution in [0, 0.1) is 0 Å². The molecule has 0 unspecified atom stereocenters. The van der Waals surface area contributed by atoms with E-state index in [-0.39, 0.29) is 0 Å². The first-order chi connectivity index (χ1) is 12.4. The zero-order chi connectivity index (χ0) is 18.3. The predicted octanol–water partition coefficient (Wildman–Crippen LogP) is 8.36. The van der Waals surface area contributed by atoms with Crippen LogP contribution in [0.5, 0.6) is 0 Å². The van der Waals surface area contributed by atoms with E-state index in [9.17, 15) is 0 Å². The van der Waals surface area contributed by atoms with Gasteiger partial charge in [-0.3, -0.25) is 0 Å². The highest BCUT2D eigenvalue weighted by Gasteiger charge is 1.93. The van der Waals surface area contributed by atoms with Crippen molar-refractivity contribution in [2.45, 2.75) is 135 Å². The topological polar surface area (TPSA) is 20.2 Å². The van der Waals surface area contributed by atoms with Crippen molar-refractivity contribution in [3.63, 3.8) is 0 Å². The van der Waals surface area contributed by atoms with Gasteiger partial charge in [0.2, 0.25) is 0 Å². The van der Waals surface area contributed by atoms with Crippen molar-refractivity contribution in [1.29, 1.82) is 0 Å². The molecule has 0 atom stereocenters. The van der Waals surface area contributed by atoms with Crippen LogP contribution in [-0.2, 0) is 0 Å². The third-order valence-corrected chi connectivity index (χ3v) is 5.17. The minimum atomic E-state index is 0.368. The molecule has 0 heterocycles. The molecule has 0 spiro atoms. The van der Waals surface area contributed by atoms with E-state index in [2.05, 4.69) is 19.1 Å². The molecule has 1 N–H and O–H groups in total. The lowest BCUT2D eigenvalue weighted by atomic mass is 10.1. The fraction of sp³-hybridized carbons (Fsp3) is 0.917. The summed E-state index contributed by atoms with van der Waals surface area (Å²) >= 11 is 0. The van der Waals surface area contributed by atoms with Crippen molar-refractivity contribution in [3.8, 4) is 0 Å². The summed E-state index contributed by atoms with van der Waals surface area (Å²) in [5.41, 5.74) is 0. The minimum Gasteiger partial charge on any atom is -0.396 e. The summed E-state index contributed by atoms with van der Waals surface area (Å²) < 4.78 is 0. The summed E-state index contributed by atoms with van der Waals surface area (Å²) in [6.07, 6.45) is 32.1. The Balaban J connectivity index is 3.04. The van der Waals surface area contributed by atoms with Crippen LogP contribution in [-0.4, -0.2) is 11.7 Å². The number of hydrogen-bond acceptors (Lipinski definition) is 1. The van der Waals surface area contributed by atoms with E-state index in [1.807, 2.05) is 0 Å². The van der Waals surface area contributed by atoms with Gasteiger partial charge in [-0.25, -0.2) is 0 Å². The van der Waals surface area contributed by atoms with Gasteiger partial charge < -0.3 is 5.11 Å². The summed E-state index contributed by atoms with van der Waals surface area (Å²) in [5, 5.41) is 8.72. The molecule has 150 valence electrons. The summed E-state index contributed by atoms with van der Waals surface area (Å²) in [6, 6.07) is 0. The molecule has 0 saturated carbocycles. The smallest absolute Gasteiger partial charge is 0.0431 e. The quantitative estimate of drug-likeness (QED) is 0.162. The van der Waals surface area contributed by atoms with Crippen LogP contribution in [0.15, 0.2) is 12.2 Å². The first-order valence-corrected chi connectivity index (χ1v) is 11.7. The van der Waals surface area contributed by atoms with Crippen molar-refractivity contribution in [2.24, 2.45) is 0 Å². The Kier molecular flexibility index (Phi) is 23.4. The van der Waals surface area contributed by atoms with E-state index in [0.717, 1.165) is 6.42 Å². The van der Waals surface area contributed by atoms with Crippen LogP contribution in [0.25, 0.3) is 0 Å². The van der Waals surface area contributed by atoms with E-state index < -0.39 is 0 Å². The molecule has 0 bridgehead atoms. The zero-order valence-corrected chi connectivity index (χ0v) is 17.5. The highest BCUT2D eigenvalue weighted by molar-refractivity contribution is 4.81. The average Bonchev–Trinajstić information content (AvgIpc) is 2.63. The van der Waals surface area contributed by atoms with E-state index in [0.29, 0.717) is 6.61 Å². The Bertz CT molecular complexity index is 246. The molecule has 1 heteroatoms. The average molecular weight is 353 g/mol. The molecule has 0 aliphatic heterocycles. The van der Waals surface area contributed by atoms with Crippen LogP contribution in [0.2, 0.25) is 0 Å². The Morgan fingerprint density at radius 3 is 1.12 bits per heavy atom. The molecule has 1 nitrogen and oxygen atoms in total. The largest absolute Gasteiger partial charge is 0.396 e. The predicted molar refractivity (Wildman–Crippen MR) is 114 cm³/mol. The molecular weight excluding hydrogens is 304 g/mol. The SMILES string of the molecule is CCCCCCCCCCC/C=C/CCCCCCCCCCCO. The van der Waals surface area contributed by atoms with Crippen LogP contribution in [0.1, 0.15) is 135 Å². The Labute approximate surface area is 159 Å². The van der Waals surface area contributed by atoms with Gasteiger partial charge in [-0.1, -0.05) is 115 Å². The molecule has 0 aliphatic carbocycles. The lowest BCUT2D eigenvalue weighted by Crippen LogP contribution is -1.84. The van der Waals surface area contributed by atoms with Crippen molar-refractivity contribution in [2.75, 3.05) is 6.61 Å². The fourth-order valence-electron chi connectivity index (χ4n) is 3.42. The van der Waals surface area contributed by atoms with E-state index in [1.165, 1.54) is 122 Å². The fourth-order valence-corrected chi connectivity index (χ4v) is 3.42. The van der Waals surface area contributed by atoms with Gasteiger partial charge in [0.05, 0.1) is 0 Å². The number of hydrogen-bond donors (Lipinski definition) is 1. The highest BCUT2D eigenvalue weighted by atomic mass is 16.2. The standard InChI is InChI=1S/C24H48O/c1-2-3-4-5-6-7-8-9-10-11-12-13-14-15-16-17-18-19-20-21-22-23-24-25/h12-13,25H,2-11,14-24H2,1H3/b13-12+. The number of aliphatic hydroxyl groups is 1. The van der Waals surface area contributed by atoms with E-state index in [1.54, 1.807) is 0 Å². The van der Waals surface area contributed by atoms with Gasteiger partial charge in [-0.05, 0) is 32.1 Å². The summed E-state index contributed by atoms with van der Waals surface area (Å²) in [5.74, 6) is 0. The van der Waals surface area contributed by atoms with E-state index >= 15 is 0 Å². The maximum atomic E-state index is 8.72. The Morgan fingerprint density at radius 2 is 0.760 bits per heavy atom. The van der Waals surface area contributed by atoms with Crippen molar-refractivity contribution in [3.05, 3.63) is 12.2 Å². The zero-order valence-electron chi connectivity index (χ0n) is 17.5. The molecule has 0 aromatic heterocycles. The summed E-state index contributed by atoms with van der Waals surface area (Å²) in [7, 11) is 0. The molecule has 0 fully saturated rings. The van der Waals surface area contributed by atoms with Gasteiger partial charge in [0, 0.05) is 6.61 Å².